The Morgan fingerprint density at radius 1 is 1.15 bits per heavy atom. The molecule has 2 aliphatic carbocycles. The SMILES string of the molecule is CCNC(=NCCN(CC1CC1)C1CC1)Nc1ccc(OC)c(OC)c1. The van der Waals surface area contributed by atoms with Crippen molar-refractivity contribution in [2.45, 2.75) is 38.6 Å². The smallest absolute Gasteiger partial charge is 0.195 e. The maximum Gasteiger partial charge on any atom is 0.195 e. The number of hydrogen-bond donors (Lipinski definition) is 2. The minimum atomic E-state index is 0.706. The highest BCUT2D eigenvalue weighted by Crippen LogP contribution is 2.34. The minimum absolute atomic E-state index is 0.706. The number of guanidine groups is 1. The number of hydrogen-bond acceptors (Lipinski definition) is 4. The predicted octanol–water partition coefficient (Wildman–Crippen LogP) is 2.96. The molecular formula is C20H32N4O2. The van der Waals surface area contributed by atoms with E-state index in [4.69, 9.17) is 14.5 Å². The lowest BCUT2D eigenvalue weighted by atomic mass is 10.3. The molecule has 2 N–H and O–H groups in total. The summed E-state index contributed by atoms with van der Waals surface area (Å²) in [5.41, 5.74) is 0.930. The zero-order valence-electron chi connectivity index (χ0n) is 16.3. The maximum atomic E-state index is 5.38. The van der Waals surface area contributed by atoms with Crippen LogP contribution in [-0.2, 0) is 0 Å². The van der Waals surface area contributed by atoms with Crippen molar-refractivity contribution in [2.75, 3.05) is 45.7 Å². The summed E-state index contributed by atoms with van der Waals surface area (Å²) >= 11 is 0. The normalized spacial score (nSPS) is 17.3. The molecule has 0 amide bonds. The fraction of sp³-hybridized carbons (Fsp3) is 0.650. The number of nitrogens with zero attached hydrogens (tertiary/aromatic N) is 2. The maximum absolute atomic E-state index is 5.38. The van der Waals surface area contributed by atoms with E-state index < -0.39 is 0 Å². The van der Waals surface area contributed by atoms with E-state index in [0.717, 1.165) is 49.0 Å². The summed E-state index contributed by atoms with van der Waals surface area (Å²) in [7, 11) is 3.29. The third kappa shape index (κ3) is 5.53. The summed E-state index contributed by atoms with van der Waals surface area (Å²) in [6.07, 6.45) is 5.55. The molecule has 2 fully saturated rings. The first-order chi connectivity index (χ1) is 12.7. The summed E-state index contributed by atoms with van der Waals surface area (Å²) in [6.45, 7) is 6.03. The van der Waals surface area contributed by atoms with Crippen LogP contribution in [0.15, 0.2) is 23.2 Å². The molecule has 0 aromatic heterocycles. The molecule has 144 valence electrons. The Labute approximate surface area is 157 Å². The van der Waals surface area contributed by atoms with Crippen molar-refractivity contribution in [3.05, 3.63) is 18.2 Å². The summed E-state index contributed by atoms with van der Waals surface area (Å²) < 4.78 is 10.7. The van der Waals surface area contributed by atoms with Gasteiger partial charge in [-0.05, 0) is 50.7 Å². The first-order valence-electron chi connectivity index (χ1n) is 9.75. The van der Waals surface area contributed by atoms with Gasteiger partial charge in [-0.1, -0.05) is 0 Å². The number of ether oxygens (including phenoxy) is 2. The number of rotatable bonds is 10. The average Bonchev–Trinajstić information content (AvgIpc) is 3.54. The fourth-order valence-corrected chi connectivity index (χ4v) is 3.14. The lowest BCUT2D eigenvalue weighted by Crippen LogP contribution is -2.34. The fourth-order valence-electron chi connectivity index (χ4n) is 3.14. The summed E-state index contributed by atoms with van der Waals surface area (Å²) in [4.78, 5) is 7.41. The van der Waals surface area contributed by atoms with E-state index in [2.05, 4.69) is 22.5 Å². The van der Waals surface area contributed by atoms with Crippen LogP contribution in [0.4, 0.5) is 5.69 Å². The van der Waals surface area contributed by atoms with Crippen LogP contribution in [0.1, 0.15) is 32.6 Å². The molecule has 26 heavy (non-hydrogen) atoms. The van der Waals surface area contributed by atoms with Crippen molar-refractivity contribution in [1.82, 2.24) is 10.2 Å². The number of anilines is 1. The standard InChI is InChI=1S/C20H32N4O2/c1-4-21-20(23-16-7-10-18(25-2)19(13-16)26-3)22-11-12-24(17-8-9-17)14-15-5-6-15/h7,10,13,15,17H,4-6,8-9,11-12,14H2,1-3H3,(H2,21,22,23). The van der Waals surface area contributed by atoms with Gasteiger partial charge in [0, 0.05) is 37.4 Å². The van der Waals surface area contributed by atoms with Crippen molar-refractivity contribution in [1.29, 1.82) is 0 Å². The van der Waals surface area contributed by atoms with E-state index in [1.54, 1.807) is 14.2 Å². The monoisotopic (exact) mass is 360 g/mol. The molecule has 0 heterocycles. The largest absolute Gasteiger partial charge is 0.493 e. The lowest BCUT2D eigenvalue weighted by Gasteiger charge is -2.21. The van der Waals surface area contributed by atoms with E-state index in [1.807, 2.05) is 18.2 Å². The van der Waals surface area contributed by atoms with Gasteiger partial charge >= 0.3 is 0 Å². The molecule has 0 spiro atoms. The van der Waals surface area contributed by atoms with Crippen LogP contribution in [0.25, 0.3) is 0 Å². The van der Waals surface area contributed by atoms with Crippen LogP contribution in [0, 0.1) is 5.92 Å². The zero-order chi connectivity index (χ0) is 18.4. The molecule has 1 aromatic carbocycles. The second-order valence-electron chi connectivity index (χ2n) is 7.12. The Morgan fingerprint density at radius 3 is 2.54 bits per heavy atom. The third-order valence-corrected chi connectivity index (χ3v) is 4.90. The zero-order valence-corrected chi connectivity index (χ0v) is 16.3. The molecular weight excluding hydrogens is 328 g/mol. The van der Waals surface area contributed by atoms with Gasteiger partial charge in [-0.25, -0.2) is 0 Å². The average molecular weight is 361 g/mol. The van der Waals surface area contributed by atoms with Gasteiger partial charge in [0.1, 0.15) is 0 Å². The number of aliphatic imine (C=N–C) groups is 1. The van der Waals surface area contributed by atoms with Gasteiger partial charge in [0.25, 0.3) is 0 Å². The summed E-state index contributed by atoms with van der Waals surface area (Å²) in [5.74, 6) is 3.18. The van der Waals surface area contributed by atoms with Crippen molar-refractivity contribution in [2.24, 2.45) is 10.9 Å². The quantitative estimate of drug-likeness (QED) is 0.496. The summed E-state index contributed by atoms with van der Waals surface area (Å²) in [6, 6.07) is 6.61. The molecule has 6 nitrogen and oxygen atoms in total. The molecule has 0 atom stereocenters. The van der Waals surface area contributed by atoms with Gasteiger partial charge < -0.3 is 20.1 Å². The predicted molar refractivity (Wildman–Crippen MR) is 106 cm³/mol. The molecule has 0 unspecified atom stereocenters. The van der Waals surface area contributed by atoms with E-state index in [9.17, 15) is 0 Å². The van der Waals surface area contributed by atoms with E-state index >= 15 is 0 Å². The molecule has 2 aliphatic rings. The van der Waals surface area contributed by atoms with Crippen LogP contribution < -0.4 is 20.1 Å². The highest BCUT2D eigenvalue weighted by Gasteiger charge is 2.33. The Hall–Kier alpha value is -1.95. The van der Waals surface area contributed by atoms with Gasteiger partial charge in [-0.2, -0.15) is 0 Å². The highest BCUT2D eigenvalue weighted by atomic mass is 16.5. The number of nitrogens with one attached hydrogen (secondary N) is 2. The van der Waals surface area contributed by atoms with E-state index in [0.29, 0.717) is 5.75 Å². The Morgan fingerprint density at radius 2 is 1.92 bits per heavy atom. The van der Waals surface area contributed by atoms with Gasteiger partial charge in [0.2, 0.25) is 0 Å². The number of benzene rings is 1. The van der Waals surface area contributed by atoms with Crippen molar-refractivity contribution in [3.63, 3.8) is 0 Å². The van der Waals surface area contributed by atoms with Gasteiger partial charge in [0.15, 0.2) is 17.5 Å². The summed E-state index contributed by atoms with van der Waals surface area (Å²) in [5, 5.41) is 6.68. The van der Waals surface area contributed by atoms with E-state index in [-0.39, 0.29) is 0 Å². The third-order valence-electron chi connectivity index (χ3n) is 4.90. The number of methoxy groups -OCH3 is 2. The van der Waals surface area contributed by atoms with Gasteiger partial charge in [-0.15, -0.1) is 0 Å². The van der Waals surface area contributed by atoms with Crippen LogP contribution in [-0.4, -0.2) is 57.3 Å². The molecule has 2 saturated carbocycles. The molecule has 6 heteroatoms. The molecule has 0 aliphatic heterocycles. The van der Waals surface area contributed by atoms with Crippen LogP contribution in [0.5, 0.6) is 11.5 Å². The molecule has 3 rings (SSSR count). The Balaban J connectivity index is 1.57. The second-order valence-corrected chi connectivity index (χ2v) is 7.12. The molecule has 0 bridgehead atoms. The van der Waals surface area contributed by atoms with Gasteiger partial charge in [-0.3, -0.25) is 9.89 Å². The van der Waals surface area contributed by atoms with Gasteiger partial charge in [0.05, 0.1) is 20.8 Å². The first kappa shape index (κ1) is 18.8. The minimum Gasteiger partial charge on any atom is -0.493 e. The topological polar surface area (TPSA) is 58.1 Å². The van der Waals surface area contributed by atoms with Crippen molar-refractivity contribution >= 4 is 11.6 Å². The van der Waals surface area contributed by atoms with Crippen molar-refractivity contribution in [3.8, 4) is 11.5 Å². The highest BCUT2D eigenvalue weighted by molar-refractivity contribution is 5.93. The van der Waals surface area contributed by atoms with Crippen LogP contribution in [0.3, 0.4) is 0 Å². The molecule has 0 radical (unpaired) electrons. The lowest BCUT2D eigenvalue weighted by molar-refractivity contribution is 0.260. The molecule has 1 aromatic rings. The van der Waals surface area contributed by atoms with Crippen LogP contribution in [0.2, 0.25) is 0 Å². The van der Waals surface area contributed by atoms with Crippen LogP contribution >= 0.6 is 0 Å². The Kier molecular flexibility index (Phi) is 6.61. The Bertz CT molecular complexity index is 612. The van der Waals surface area contributed by atoms with Crippen molar-refractivity contribution < 1.29 is 9.47 Å². The first-order valence-corrected chi connectivity index (χ1v) is 9.75. The second kappa shape index (κ2) is 9.12. The van der Waals surface area contributed by atoms with E-state index in [1.165, 1.54) is 32.2 Å². The molecule has 0 saturated heterocycles.